The Labute approximate surface area is 86.9 Å². The zero-order valence-electron chi connectivity index (χ0n) is 6.05. The van der Waals surface area contributed by atoms with E-state index in [9.17, 15) is 0 Å². The maximum absolute atomic E-state index is 8.52. The van der Waals surface area contributed by atoms with Gasteiger partial charge in [0.2, 0.25) is 0 Å². The number of hydrogen-bond donors (Lipinski definition) is 0. The Morgan fingerprint density at radius 1 is 1.45 bits per heavy atom. The summed E-state index contributed by atoms with van der Waals surface area (Å²) in [6.45, 7) is 0. The van der Waals surface area contributed by atoms with Crippen LogP contribution in [0.3, 0.4) is 0 Å². The van der Waals surface area contributed by atoms with E-state index in [1.54, 1.807) is 0 Å². The van der Waals surface area contributed by atoms with E-state index in [1.165, 1.54) is 23.9 Å². The molecule has 1 rings (SSSR count). The number of halogens is 1. The molecule has 0 fully saturated rings. The van der Waals surface area contributed by atoms with Crippen LogP contribution >= 0.6 is 0 Å². The molecule has 0 atom stereocenters. The van der Waals surface area contributed by atoms with Gasteiger partial charge in [-0.05, 0) is 0 Å². The summed E-state index contributed by atoms with van der Waals surface area (Å²) in [6.07, 6.45) is 0. The molecule has 0 heterocycles. The zero-order valence-corrected chi connectivity index (χ0v) is 10.6. The summed E-state index contributed by atoms with van der Waals surface area (Å²) in [5.74, 6) is 0. The van der Waals surface area contributed by atoms with Crippen molar-refractivity contribution < 1.29 is 35.3 Å². The van der Waals surface area contributed by atoms with Gasteiger partial charge < -0.3 is 17.0 Å². The van der Waals surface area contributed by atoms with Gasteiger partial charge >= 0.3 is 70.0 Å². The van der Waals surface area contributed by atoms with Gasteiger partial charge in [-0.25, -0.2) is 0 Å². The summed E-state index contributed by atoms with van der Waals surface area (Å²) in [5, 5.41) is 9.64. The van der Waals surface area contributed by atoms with Crippen molar-refractivity contribution in [2.24, 2.45) is 0 Å². The predicted octanol–water partition coefficient (Wildman–Crippen LogP) is -1.39. The topological polar surface area (TPSA) is 23.8 Å². The van der Waals surface area contributed by atoms with Crippen LogP contribution in [0.5, 0.6) is 0 Å². The van der Waals surface area contributed by atoms with Crippen molar-refractivity contribution in [3.8, 4) is 6.07 Å². The van der Waals surface area contributed by atoms with Crippen molar-refractivity contribution in [3.05, 3.63) is 35.4 Å². The molecule has 1 nitrogen and oxygen atoms in total. The molecule has 0 aliphatic rings. The van der Waals surface area contributed by atoms with Gasteiger partial charge in [-0.2, -0.15) is 0 Å². The first kappa shape index (κ1) is 10.8. The Balaban J connectivity index is 0.000001000. The fraction of sp³-hybridized carbons (Fsp3) is 0.125. The van der Waals surface area contributed by atoms with Gasteiger partial charge in [-0.15, -0.1) is 0 Å². The second kappa shape index (κ2) is 5.46. The predicted molar refractivity (Wildman–Crippen MR) is 34.9 cm³/mol. The first-order valence-corrected chi connectivity index (χ1v) is 5.25. The second-order valence-electron chi connectivity index (χ2n) is 2.06. The molecule has 0 spiro atoms. The molecular weight excluding hydrogens is 255 g/mol. The van der Waals surface area contributed by atoms with Gasteiger partial charge in [0.15, 0.2) is 0 Å². The molecule has 3 heteroatoms. The zero-order chi connectivity index (χ0) is 7.40. The molecule has 0 saturated heterocycles. The van der Waals surface area contributed by atoms with E-state index in [4.69, 9.17) is 5.26 Å². The van der Waals surface area contributed by atoms with Crippen LogP contribution in [0.1, 0.15) is 11.1 Å². The summed E-state index contributed by atoms with van der Waals surface area (Å²) < 4.78 is 0. The van der Waals surface area contributed by atoms with E-state index in [0.29, 0.717) is 0 Å². The number of rotatable bonds is 1. The molecule has 1 aromatic rings. The molecule has 0 amide bonds. The third kappa shape index (κ3) is 3.14. The average molecular weight is 261 g/mol. The van der Waals surface area contributed by atoms with Crippen LogP contribution in [-0.2, 0) is 23.3 Å². The molecule has 0 aromatic heterocycles. The summed E-state index contributed by atoms with van der Waals surface area (Å²) in [6, 6.07) is 9.89. The van der Waals surface area contributed by atoms with Crippen LogP contribution in [0.2, 0.25) is 0 Å². The van der Waals surface area contributed by atoms with E-state index < -0.39 is 0 Å². The van der Waals surface area contributed by atoms with Crippen molar-refractivity contribution in [2.75, 3.05) is 0 Å². The van der Waals surface area contributed by atoms with Crippen LogP contribution < -0.4 is 17.0 Å². The Hall–Kier alpha value is -0.187. The monoisotopic (exact) mass is 259 g/mol. The summed E-state index contributed by atoms with van der Waals surface area (Å²) in [4.78, 5) is 0. The normalized spacial score (nSPS) is 8.09. The summed E-state index contributed by atoms with van der Waals surface area (Å²) in [7, 11) is 0. The van der Waals surface area contributed by atoms with Gasteiger partial charge in [0, 0.05) is 0 Å². The van der Waals surface area contributed by atoms with Crippen molar-refractivity contribution in [1.29, 1.82) is 5.26 Å². The smallest absolute Gasteiger partial charge is 1.00 e. The maximum Gasteiger partial charge on any atom is -1.00 e. The minimum atomic E-state index is 0. The Bertz CT molecular complexity index is 267. The fourth-order valence-electron chi connectivity index (χ4n) is 0.796. The third-order valence-electron chi connectivity index (χ3n) is 1.34. The molecule has 0 aliphatic heterocycles. The minimum absolute atomic E-state index is 0. The summed E-state index contributed by atoms with van der Waals surface area (Å²) >= 11 is 1.26. The molecular formula is C8H6BrNZn. The Morgan fingerprint density at radius 2 is 2.18 bits per heavy atom. The van der Waals surface area contributed by atoms with Crippen molar-refractivity contribution >= 4 is 0 Å². The molecule has 0 bridgehead atoms. The Kier molecular flexibility index (Phi) is 5.37. The SMILES string of the molecule is N#Cc1cccc([CH2][Zn+])c1.[Br-]. The fourth-order valence-corrected chi connectivity index (χ4v) is 1.45. The molecule has 0 N–H and O–H groups in total. The van der Waals surface area contributed by atoms with Gasteiger partial charge in [0.25, 0.3) is 0 Å². The molecule has 11 heavy (non-hydrogen) atoms. The van der Waals surface area contributed by atoms with Crippen molar-refractivity contribution in [2.45, 2.75) is 5.02 Å². The summed E-state index contributed by atoms with van der Waals surface area (Å²) in [5.41, 5.74) is 2.05. The van der Waals surface area contributed by atoms with Crippen LogP contribution in [0, 0.1) is 11.3 Å². The van der Waals surface area contributed by atoms with Crippen molar-refractivity contribution in [1.82, 2.24) is 0 Å². The average Bonchev–Trinajstić information content (AvgIpc) is 2.05. The molecule has 52 valence electrons. The quantitative estimate of drug-likeness (QED) is 0.571. The van der Waals surface area contributed by atoms with Gasteiger partial charge in [-0.3, -0.25) is 0 Å². The van der Waals surface area contributed by atoms with Gasteiger partial charge in [-0.1, -0.05) is 0 Å². The van der Waals surface area contributed by atoms with Crippen LogP contribution in [0.25, 0.3) is 0 Å². The standard InChI is InChI=1S/C8H6N.BrH.Zn/c1-7-3-2-4-8(5-7)6-9;;/h2-5H,1H2;1H;/q;;+1/p-1. The molecule has 1 aromatic carbocycles. The van der Waals surface area contributed by atoms with Gasteiger partial charge in [0.05, 0.1) is 0 Å². The van der Waals surface area contributed by atoms with Crippen LogP contribution in [-0.4, -0.2) is 0 Å². The van der Waals surface area contributed by atoms with Gasteiger partial charge in [0.1, 0.15) is 0 Å². The molecule has 0 unspecified atom stereocenters. The number of nitriles is 1. The minimum Gasteiger partial charge on any atom is -1.00 e. The Morgan fingerprint density at radius 3 is 2.73 bits per heavy atom. The second-order valence-corrected chi connectivity index (χ2v) is 3.11. The first-order chi connectivity index (χ1) is 4.86. The molecule has 0 radical (unpaired) electrons. The van der Waals surface area contributed by atoms with E-state index in [0.717, 1.165) is 10.6 Å². The number of nitrogens with zero attached hydrogens (tertiary/aromatic N) is 1. The maximum atomic E-state index is 8.52. The van der Waals surface area contributed by atoms with Crippen molar-refractivity contribution in [3.63, 3.8) is 0 Å². The molecule has 0 saturated carbocycles. The third-order valence-corrected chi connectivity index (χ3v) is 2.56. The van der Waals surface area contributed by atoms with Crippen LogP contribution in [0.4, 0.5) is 0 Å². The first-order valence-electron chi connectivity index (χ1n) is 3.15. The number of benzene rings is 1. The largest absolute Gasteiger partial charge is 1.00 e. The molecule has 0 aliphatic carbocycles. The van der Waals surface area contributed by atoms with E-state index in [-0.39, 0.29) is 17.0 Å². The number of hydrogen-bond acceptors (Lipinski definition) is 1. The van der Waals surface area contributed by atoms with E-state index in [2.05, 4.69) is 12.1 Å². The van der Waals surface area contributed by atoms with E-state index in [1.807, 2.05) is 18.2 Å². The van der Waals surface area contributed by atoms with Crippen LogP contribution in [0.15, 0.2) is 24.3 Å². The van der Waals surface area contributed by atoms with E-state index >= 15 is 0 Å².